The van der Waals surface area contributed by atoms with Crippen molar-refractivity contribution in [3.63, 3.8) is 0 Å². The Balaban J connectivity index is 1.33. The van der Waals surface area contributed by atoms with Gasteiger partial charge < -0.3 is 19.9 Å². The summed E-state index contributed by atoms with van der Waals surface area (Å²) in [6.45, 7) is 5.74. The van der Waals surface area contributed by atoms with Crippen LogP contribution in [0.25, 0.3) is 0 Å². The van der Waals surface area contributed by atoms with Crippen LogP contribution in [0.4, 0.5) is 5.82 Å². The molecule has 1 aromatic heterocycles. The molecule has 2 aliphatic heterocycles. The predicted molar refractivity (Wildman–Crippen MR) is 89.5 cm³/mol. The lowest BCUT2D eigenvalue weighted by atomic mass is 10.2. The molecule has 1 atom stereocenters. The van der Waals surface area contributed by atoms with Gasteiger partial charge in [-0.3, -0.25) is 4.79 Å². The summed E-state index contributed by atoms with van der Waals surface area (Å²) in [6, 6.07) is 5.94. The van der Waals surface area contributed by atoms with Crippen LogP contribution < -0.4 is 10.2 Å². The third-order valence-electron chi connectivity index (χ3n) is 4.52. The predicted octanol–water partition coefficient (Wildman–Crippen LogP) is 0.889. The number of carbonyl (C=O) groups is 1. The summed E-state index contributed by atoms with van der Waals surface area (Å²) in [4.78, 5) is 20.8. The Bertz CT molecular complexity index is 483. The molecule has 1 amide bonds. The fourth-order valence-electron chi connectivity index (χ4n) is 3.15. The Hall–Kier alpha value is -1.66. The van der Waals surface area contributed by atoms with Crippen LogP contribution >= 0.6 is 0 Å². The molecule has 23 heavy (non-hydrogen) atoms. The minimum absolute atomic E-state index is 0.241. The lowest BCUT2D eigenvalue weighted by molar-refractivity contribution is -0.131. The molecule has 3 heterocycles. The first kappa shape index (κ1) is 16.2. The van der Waals surface area contributed by atoms with Crippen molar-refractivity contribution < 1.29 is 9.53 Å². The standard InChI is InChI=1S/C17H26N4O2/c22-17(6-8-18-14-15-4-3-13-23-15)21-11-9-20(10-12-21)16-5-1-2-7-19-16/h1-2,5,7,15,18H,3-4,6,8-14H2. The number of nitrogens with one attached hydrogen (secondary N) is 1. The van der Waals surface area contributed by atoms with E-state index in [1.807, 2.05) is 29.3 Å². The van der Waals surface area contributed by atoms with Crippen molar-refractivity contribution in [1.82, 2.24) is 15.2 Å². The largest absolute Gasteiger partial charge is 0.377 e. The van der Waals surface area contributed by atoms with E-state index in [0.29, 0.717) is 12.5 Å². The Morgan fingerprint density at radius 3 is 2.87 bits per heavy atom. The van der Waals surface area contributed by atoms with E-state index in [1.165, 1.54) is 0 Å². The molecule has 2 saturated heterocycles. The van der Waals surface area contributed by atoms with Gasteiger partial charge in [-0.25, -0.2) is 4.98 Å². The molecular weight excluding hydrogens is 292 g/mol. The second-order valence-corrected chi connectivity index (χ2v) is 6.14. The maximum absolute atomic E-state index is 12.3. The Morgan fingerprint density at radius 1 is 1.30 bits per heavy atom. The molecule has 6 nitrogen and oxygen atoms in total. The van der Waals surface area contributed by atoms with Gasteiger partial charge in [0.1, 0.15) is 5.82 Å². The number of amides is 1. The van der Waals surface area contributed by atoms with E-state index in [9.17, 15) is 4.79 Å². The molecule has 126 valence electrons. The van der Waals surface area contributed by atoms with E-state index >= 15 is 0 Å². The van der Waals surface area contributed by atoms with Gasteiger partial charge in [0.2, 0.25) is 5.91 Å². The van der Waals surface area contributed by atoms with E-state index in [1.54, 1.807) is 0 Å². The first-order chi connectivity index (χ1) is 11.3. The quantitative estimate of drug-likeness (QED) is 0.790. The zero-order valence-corrected chi connectivity index (χ0v) is 13.6. The molecule has 0 aliphatic carbocycles. The van der Waals surface area contributed by atoms with Crippen molar-refractivity contribution >= 4 is 11.7 Å². The van der Waals surface area contributed by atoms with Gasteiger partial charge in [-0.05, 0) is 25.0 Å². The van der Waals surface area contributed by atoms with Crippen LogP contribution in [0, 0.1) is 0 Å². The third kappa shape index (κ3) is 4.65. The van der Waals surface area contributed by atoms with Gasteiger partial charge in [-0.2, -0.15) is 0 Å². The van der Waals surface area contributed by atoms with Crippen molar-refractivity contribution in [3.05, 3.63) is 24.4 Å². The molecule has 1 N–H and O–H groups in total. The van der Waals surface area contributed by atoms with Gasteiger partial charge in [0, 0.05) is 58.5 Å². The molecule has 2 aliphatic rings. The third-order valence-corrected chi connectivity index (χ3v) is 4.52. The van der Waals surface area contributed by atoms with E-state index in [4.69, 9.17) is 4.74 Å². The molecule has 0 bridgehead atoms. The number of piperazine rings is 1. The molecule has 0 spiro atoms. The fraction of sp³-hybridized carbons (Fsp3) is 0.647. The highest BCUT2D eigenvalue weighted by atomic mass is 16.5. The Morgan fingerprint density at radius 2 is 2.17 bits per heavy atom. The smallest absolute Gasteiger partial charge is 0.223 e. The van der Waals surface area contributed by atoms with Gasteiger partial charge in [0.25, 0.3) is 0 Å². The number of nitrogens with zero attached hydrogens (tertiary/aromatic N) is 3. The number of carbonyl (C=O) groups excluding carboxylic acids is 1. The van der Waals surface area contributed by atoms with Crippen molar-refractivity contribution in [3.8, 4) is 0 Å². The first-order valence-corrected chi connectivity index (χ1v) is 8.59. The summed E-state index contributed by atoms with van der Waals surface area (Å²) in [5.74, 6) is 1.24. The van der Waals surface area contributed by atoms with Gasteiger partial charge in [-0.1, -0.05) is 6.07 Å². The van der Waals surface area contributed by atoms with Crippen LogP contribution in [0.5, 0.6) is 0 Å². The van der Waals surface area contributed by atoms with Crippen LogP contribution in [0.2, 0.25) is 0 Å². The molecule has 1 unspecified atom stereocenters. The summed E-state index contributed by atoms with van der Waals surface area (Å²) in [5, 5.41) is 3.34. The van der Waals surface area contributed by atoms with Crippen LogP contribution in [-0.2, 0) is 9.53 Å². The average Bonchev–Trinajstić information content (AvgIpc) is 3.13. The van der Waals surface area contributed by atoms with Crippen molar-refractivity contribution in [1.29, 1.82) is 0 Å². The lowest BCUT2D eigenvalue weighted by Crippen LogP contribution is -2.49. The van der Waals surface area contributed by atoms with E-state index in [0.717, 1.165) is 64.5 Å². The number of hydrogen-bond donors (Lipinski definition) is 1. The molecule has 0 aromatic carbocycles. The minimum Gasteiger partial charge on any atom is -0.377 e. The molecule has 0 radical (unpaired) electrons. The SMILES string of the molecule is O=C(CCNCC1CCCO1)N1CCN(c2ccccn2)CC1. The molecule has 2 fully saturated rings. The number of anilines is 1. The van der Waals surface area contributed by atoms with E-state index < -0.39 is 0 Å². The summed E-state index contributed by atoms with van der Waals surface area (Å²) >= 11 is 0. The molecular formula is C17H26N4O2. The van der Waals surface area contributed by atoms with Crippen molar-refractivity contribution in [2.24, 2.45) is 0 Å². The number of ether oxygens (including phenoxy) is 1. The maximum Gasteiger partial charge on any atom is 0.223 e. The maximum atomic E-state index is 12.3. The molecule has 3 rings (SSSR count). The van der Waals surface area contributed by atoms with Crippen LogP contribution in [0.1, 0.15) is 19.3 Å². The highest BCUT2D eigenvalue weighted by Gasteiger charge is 2.21. The Kier molecular flexibility index (Phi) is 5.82. The highest BCUT2D eigenvalue weighted by Crippen LogP contribution is 2.13. The number of rotatable bonds is 6. The van der Waals surface area contributed by atoms with E-state index in [-0.39, 0.29) is 5.91 Å². The van der Waals surface area contributed by atoms with Gasteiger partial charge in [0.05, 0.1) is 6.10 Å². The van der Waals surface area contributed by atoms with Crippen LogP contribution in [0.3, 0.4) is 0 Å². The molecule has 6 heteroatoms. The summed E-state index contributed by atoms with van der Waals surface area (Å²) in [7, 11) is 0. The van der Waals surface area contributed by atoms with Crippen molar-refractivity contribution in [2.75, 3.05) is 50.8 Å². The monoisotopic (exact) mass is 318 g/mol. The molecule has 0 saturated carbocycles. The van der Waals surface area contributed by atoms with Gasteiger partial charge in [0.15, 0.2) is 0 Å². The minimum atomic E-state index is 0.241. The Labute approximate surface area is 137 Å². The van der Waals surface area contributed by atoms with Gasteiger partial charge >= 0.3 is 0 Å². The summed E-state index contributed by atoms with van der Waals surface area (Å²) < 4.78 is 5.56. The number of aromatic nitrogens is 1. The zero-order valence-electron chi connectivity index (χ0n) is 13.6. The van der Waals surface area contributed by atoms with Gasteiger partial charge in [-0.15, -0.1) is 0 Å². The molecule has 1 aromatic rings. The normalized spacial score (nSPS) is 21.7. The van der Waals surface area contributed by atoms with Crippen LogP contribution in [-0.4, -0.2) is 67.8 Å². The average molecular weight is 318 g/mol. The summed E-state index contributed by atoms with van der Waals surface area (Å²) in [5.41, 5.74) is 0. The number of hydrogen-bond acceptors (Lipinski definition) is 5. The lowest BCUT2D eigenvalue weighted by Gasteiger charge is -2.35. The number of pyridine rings is 1. The fourth-order valence-corrected chi connectivity index (χ4v) is 3.15. The second kappa shape index (κ2) is 8.26. The summed E-state index contributed by atoms with van der Waals surface area (Å²) in [6.07, 6.45) is 5.01. The topological polar surface area (TPSA) is 57.7 Å². The highest BCUT2D eigenvalue weighted by molar-refractivity contribution is 5.76. The first-order valence-electron chi connectivity index (χ1n) is 8.59. The van der Waals surface area contributed by atoms with E-state index in [2.05, 4.69) is 15.2 Å². The zero-order chi connectivity index (χ0) is 15.9. The second-order valence-electron chi connectivity index (χ2n) is 6.14. The van der Waals surface area contributed by atoms with Crippen LogP contribution in [0.15, 0.2) is 24.4 Å². The van der Waals surface area contributed by atoms with Crippen molar-refractivity contribution in [2.45, 2.75) is 25.4 Å².